The number of sulfone groups is 1. The maximum Gasteiger partial charge on any atom is 0.222 e. The fourth-order valence-corrected chi connectivity index (χ4v) is 3.63. The van der Waals surface area contributed by atoms with Crippen LogP contribution in [0.25, 0.3) is 33.5 Å². The second-order valence-electron chi connectivity index (χ2n) is 6.54. The van der Waals surface area contributed by atoms with Crippen LogP contribution in [0.3, 0.4) is 0 Å². The van der Waals surface area contributed by atoms with Gasteiger partial charge in [0.2, 0.25) is 5.91 Å². The number of aromatic amines is 1. The summed E-state index contributed by atoms with van der Waals surface area (Å²) < 4.78 is 23.5. The number of hydrogen-bond donors (Lipinski definition) is 2. The first kappa shape index (κ1) is 18.8. The number of amides is 1. The average Bonchev–Trinajstić information content (AvgIpc) is 3.07. The summed E-state index contributed by atoms with van der Waals surface area (Å²) in [5.74, 6) is 0.208. The molecule has 4 aromatic heterocycles. The molecule has 29 heavy (non-hydrogen) atoms. The molecule has 0 fully saturated rings. The van der Waals surface area contributed by atoms with Crippen LogP contribution in [0.1, 0.15) is 6.92 Å². The van der Waals surface area contributed by atoms with Gasteiger partial charge >= 0.3 is 0 Å². The van der Waals surface area contributed by atoms with Crippen molar-refractivity contribution >= 4 is 32.6 Å². The van der Waals surface area contributed by atoms with Crippen LogP contribution in [0.4, 0.5) is 5.82 Å². The van der Waals surface area contributed by atoms with E-state index in [1.54, 1.807) is 24.5 Å². The molecule has 0 aliphatic heterocycles. The Bertz CT molecular complexity index is 1330. The number of H-pyrrole nitrogens is 1. The highest BCUT2D eigenvalue weighted by Crippen LogP contribution is 2.36. The van der Waals surface area contributed by atoms with Crippen LogP contribution in [0.15, 0.2) is 59.9 Å². The molecule has 2 N–H and O–H groups in total. The summed E-state index contributed by atoms with van der Waals surface area (Å²) in [6, 6.07) is 10.5. The molecule has 146 valence electrons. The predicted molar refractivity (Wildman–Crippen MR) is 110 cm³/mol. The summed E-state index contributed by atoms with van der Waals surface area (Å²) in [6.07, 6.45) is 5.77. The number of pyridine rings is 3. The summed E-state index contributed by atoms with van der Waals surface area (Å²) >= 11 is 0. The summed E-state index contributed by atoms with van der Waals surface area (Å²) in [5.41, 5.74) is 4.36. The van der Waals surface area contributed by atoms with Crippen molar-refractivity contribution in [1.82, 2.24) is 19.9 Å². The Morgan fingerprint density at radius 2 is 1.90 bits per heavy atom. The molecule has 0 atom stereocenters. The lowest BCUT2D eigenvalue weighted by atomic mass is 10.0. The lowest BCUT2D eigenvalue weighted by Gasteiger charge is -2.07. The van der Waals surface area contributed by atoms with Gasteiger partial charge < -0.3 is 10.3 Å². The predicted octanol–water partition coefficient (Wildman–Crippen LogP) is 3.05. The van der Waals surface area contributed by atoms with E-state index in [2.05, 4.69) is 25.3 Å². The standard InChI is InChI=1S/C20H17N5O3S/c1-12(26)24-17-10-13(7-9-21-17)19-18(20-16(25-19)4-3-8-22-20)15-6-5-14(11-23-15)29(2,27)28/h3-11,25H,1-2H3,(H,21,24,26). The molecule has 4 heterocycles. The molecule has 0 saturated carbocycles. The first-order chi connectivity index (χ1) is 13.8. The number of aromatic nitrogens is 4. The van der Waals surface area contributed by atoms with Gasteiger partial charge in [-0.05, 0) is 36.4 Å². The third-order valence-electron chi connectivity index (χ3n) is 4.33. The highest BCUT2D eigenvalue weighted by Gasteiger charge is 2.18. The van der Waals surface area contributed by atoms with Gasteiger partial charge in [0.1, 0.15) is 5.82 Å². The lowest BCUT2D eigenvalue weighted by molar-refractivity contribution is -0.114. The van der Waals surface area contributed by atoms with Gasteiger partial charge in [0, 0.05) is 37.3 Å². The molecule has 0 spiro atoms. The molecule has 4 rings (SSSR count). The Morgan fingerprint density at radius 3 is 2.59 bits per heavy atom. The number of nitrogens with zero attached hydrogens (tertiary/aromatic N) is 3. The zero-order valence-electron chi connectivity index (χ0n) is 15.7. The quantitative estimate of drug-likeness (QED) is 0.537. The molecule has 9 heteroatoms. The number of nitrogens with one attached hydrogen (secondary N) is 2. The van der Waals surface area contributed by atoms with E-state index in [9.17, 15) is 13.2 Å². The van der Waals surface area contributed by atoms with Gasteiger partial charge in [-0.15, -0.1) is 0 Å². The van der Waals surface area contributed by atoms with E-state index in [0.29, 0.717) is 17.0 Å². The molecule has 0 saturated heterocycles. The highest BCUT2D eigenvalue weighted by molar-refractivity contribution is 7.90. The van der Waals surface area contributed by atoms with Gasteiger partial charge in [0.15, 0.2) is 9.84 Å². The number of carbonyl (C=O) groups excluding carboxylic acids is 1. The molecule has 1 amide bonds. The van der Waals surface area contributed by atoms with E-state index in [4.69, 9.17) is 0 Å². The van der Waals surface area contributed by atoms with Crippen molar-refractivity contribution < 1.29 is 13.2 Å². The largest absolute Gasteiger partial charge is 0.353 e. The van der Waals surface area contributed by atoms with Crippen molar-refractivity contribution in [3.63, 3.8) is 0 Å². The van der Waals surface area contributed by atoms with Gasteiger partial charge in [-0.25, -0.2) is 13.4 Å². The minimum Gasteiger partial charge on any atom is -0.353 e. The Labute approximate surface area is 167 Å². The summed E-state index contributed by atoms with van der Waals surface area (Å²) in [4.78, 5) is 27.9. The van der Waals surface area contributed by atoms with Gasteiger partial charge in [-0.1, -0.05) is 0 Å². The van der Waals surface area contributed by atoms with Crippen LogP contribution >= 0.6 is 0 Å². The smallest absolute Gasteiger partial charge is 0.222 e. The lowest BCUT2D eigenvalue weighted by Crippen LogP contribution is -2.07. The fraction of sp³-hybridized carbons (Fsp3) is 0.100. The fourth-order valence-electron chi connectivity index (χ4n) is 3.07. The zero-order chi connectivity index (χ0) is 20.6. The molecule has 0 radical (unpaired) electrons. The number of fused-ring (bicyclic) bond motifs is 1. The van der Waals surface area contributed by atoms with Gasteiger partial charge in [-0.3, -0.25) is 14.8 Å². The van der Waals surface area contributed by atoms with Crippen LogP contribution in [-0.4, -0.2) is 40.5 Å². The van der Waals surface area contributed by atoms with E-state index >= 15 is 0 Å². The van der Waals surface area contributed by atoms with Crippen LogP contribution in [0, 0.1) is 0 Å². The molecule has 0 bridgehead atoms. The van der Waals surface area contributed by atoms with E-state index in [-0.39, 0.29) is 10.8 Å². The van der Waals surface area contributed by atoms with Crippen molar-refractivity contribution in [2.24, 2.45) is 0 Å². The first-order valence-electron chi connectivity index (χ1n) is 8.70. The molecule has 0 aliphatic carbocycles. The average molecular weight is 407 g/mol. The van der Waals surface area contributed by atoms with E-state index in [1.165, 1.54) is 19.2 Å². The van der Waals surface area contributed by atoms with Crippen molar-refractivity contribution in [1.29, 1.82) is 0 Å². The maximum atomic E-state index is 11.8. The van der Waals surface area contributed by atoms with Gasteiger partial charge in [0.25, 0.3) is 0 Å². The number of rotatable bonds is 4. The minimum atomic E-state index is -3.34. The summed E-state index contributed by atoms with van der Waals surface area (Å²) in [6.45, 7) is 1.42. The molecule has 0 unspecified atom stereocenters. The zero-order valence-corrected chi connectivity index (χ0v) is 16.5. The molecular formula is C20H17N5O3S. The minimum absolute atomic E-state index is 0.146. The first-order valence-corrected chi connectivity index (χ1v) is 10.6. The highest BCUT2D eigenvalue weighted by atomic mass is 32.2. The Balaban J connectivity index is 1.91. The van der Waals surface area contributed by atoms with Crippen molar-refractivity contribution in [3.05, 3.63) is 55.0 Å². The number of carbonyl (C=O) groups is 1. The Morgan fingerprint density at radius 1 is 1.07 bits per heavy atom. The maximum absolute atomic E-state index is 11.8. The SMILES string of the molecule is CC(=O)Nc1cc(-c2[nH]c3cccnc3c2-c2ccc(S(C)(=O)=O)cn2)ccn1. The molecular weight excluding hydrogens is 390 g/mol. The molecule has 0 aliphatic rings. The molecule has 8 nitrogen and oxygen atoms in total. The van der Waals surface area contributed by atoms with Crippen LogP contribution < -0.4 is 5.32 Å². The second kappa shape index (κ2) is 7.10. The topological polar surface area (TPSA) is 118 Å². The Hall–Kier alpha value is -3.59. The van der Waals surface area contributed by atoms with Gasteiger partial charge in [-0.2, -0.15) is 0 Å². The van der Waals surface area contributed by atoms with Crippen molar-refractivity contribution in [3.8, 4) is 22.5 Å². The number of hydrogen-bond acceptors (Lipinski definition) is 6. The monoisotopic (exact) mass is 407 g/mol. The Kier molecular flexibility index (Phi) is 4.59. The third-order valence-corrected chi connectivity index (χ3v) is 5.43. The van der Waals surface area contributed by atoms with Crippen molar-refractivity contribution in [2.45, 2.75) is 11.8 Å². The van der Waals surface area contributed by atoms with Gasteiger partial charge in [0.05, 0.1) is 32.9 Å². The third kappa shape index (κ3) is 3.72. The second-order valence-corrected chi connectivity index (χ2v) is 8.55. The van der Waals surface area contributed by atoms with Crippen LogP contribution in [0.5, 0.6) is 0 Å². The van der Waals surface area contributed by atoms with Crippen LogP contribution in [-0.2, 0) is 14.6 Å². The van der Waals surface area contributed by atoms with E-state index in [1.807, 2.05) is 18.2 Å². The van der Waals surface area contributed by atoms with E-state index in [0.717, 1.165) is 28.6 Å². The molecule has 0 aromatic carbocycles. The summed E-state index contributed by atoms with van der Waals surface area (Å²) in [5, 5.41) is 2.67. The van der Waals surface area contributed by atoms with Crippen LogP contribution in [0.2, 0.25) is 0 Å². The van der Waals surface area contributed by atoms with E-state index < -0.39 is 9.84 Å². The van der Waals surface area contributed by atoms with Crippen molar-refractivity contribution in [2.75, 3.05) is 11.6 Å². The molecule has 4 aromatic rings. The normalized spacial score (nSPS) is 11.5. The number of anilines is 1. The summed E-state index contributed by atoms with van der Waals surface area (Å²) in [7, 11) is -3.34.